The quantitative estimate of drug-likeness (QED) is 0.529. The van der Waals surface area contributed by atoms with E-state index in [-0.39, 0.29) is 42.1 Å². The molecule has 1 aliphatic heterocycles. The van der Waals surface area contributed by atoms with Gasteiger partial charge in [0.25, 0.3) is 18.2 Å². The van der Waals surface area contributed by atoms with Crippen molar-refractivity contribution in [2.45, 2.75) is 52.5 Å². The first-order valence-electron chi connectivity index (χ1n) is 11.6. The van der Waals surface area contributed by atoms with Crippen LogP contribution in [0.3, 0.4) is 0 Å². The molecule has 1 saturated heterocycles. The smallest absolute Gasteiger partial charge is 0.265 e. The van der Waals surface area contributed by atoms with E-state index in [9.17, 15) is 23.2 Å². The third kappa shape index (κ3) is 6.50. The Bertz CT molecular complexity index is 915. The number of hydrogen-bond acceptors (Lipinski definition) is 5. The summed E-state index contributed by atoms with van der Waals surface area (Å²) in [5, 5.41) is 2.59. The van der Waals surface area contributed by atoms with Crippen LogP contribution in [0.25, 0.3) is 0 Å². The third-order valence-corrected chi connectivity index (χ3v) is 6.08. The van der Waals surface area contributed by atoms with Crippen LogP contribution < -0.4 is 16.0 Å². The van der Waals surface area contributed by atoms with Crippen molar-refractivity contribution in [2.24, 2.45) is 17.1 Å². The monoisotopic (exact) mass is 480 g/mol. The molecule has 34 heavy (non-hydrogen) atoms. The molecule has 0 bridgehead atoms. The molecule has 1 saturated carbocycles. The number of alkyl halides is 2. The molecule has 1 aliphatic carbocycles. The van der Waals surface area contributed by atoms with E-state index in [0.717, 1.165) is 25.3 Å². The number of anilines is 2. The van der Waals surface area contributed by atoms with Gasteiger partial charge in [-0.3, -0.25) is 19.3 Å². The Morgan fingerprint density at radius 1 is 1.29 bits per heavy atom. The van der Waals surface area contributed by atoms with E-state index in [1.807, 2.05) is 20.8 Å². The maximum Gasteiger partial charge on any atom is 0.265 e. The minimum atomic E-state index is -2.87. The van der Waals surface area contributed by atoms with Crippen LogP contribution in [0.4, 0.5) is 20.2 Å². The fourth-order valence-electron chi connectivity index (χ4n) is 4.39. The molecule has 10 heteroatoms. The maximum absolute atomic E-state index is 13.9. The van der Waals surface area contributed by atoms with E-state index in [1.165, 1.54) is 17.0 Å². The van der Waals surface area contributed by atoms with Gasteiger partial charge in [0.15, 0.2) is 6.04 Å². The van der Waals surface area contributed by atoms with Gasteiger partial charge in [0.05, 0.1) is 12.3 Å². The second-order valence-corrected chi connectivity index (χ2v) is 10.3. The molecule has 3 amide bonds. The Morgan fingerprint density at radius 2 is 2.00 bits per heavy atom. The van der Waals surface area contributed by atoms with Crippen molar-refractivity contribution in [3.8, 4) is 0 Å². The molecular weight excluding hydrogens is 446 g/mol. The van der Waals surface area contributed by atoms with Crippen molar-refractivity contribution in [1.29, 1.82) is 0 Å². The van der Waals surface area contributed by atoms with Gasteiger partial charge in [-0.05, 0) is 42.4 Å². The second-order valence-electron chi connectivity index (χ2n) is 10.3. The first kappa shape index (κ1) is 26.0. The SMILES string of the molecule is CC(C)(C)CN(CC1CCC1)[C@H](C(N)=O)C(=O)Nc1ccc(N2CCOCC2=O)c(C(F)F)c1. The zero-order valence-corrected chi connectivity index (χ0v) is 20.0. The van der Waals surface area contributed by atoms with Crippen molar-refractivity contribution < 1.29 is 27.9 Å². The summed E-state index contributed by atoms with van der Waals surface area (Å²) in [4.78, 5) is 40.7. The molecule has 8 nitrogen and oxygen atoms in total. The predicted molar refractivity (Wildman–Crippen MR) is 125 cm³/mol. The van der Waals surface area contributed by atoms with Gasteiger partial charge in [-0.2, -0.15) is 0 Å². The molecule has 0 spiro atoms. The summed E-state index contributed by atoms with van der Waals surface area (Å²) in [5.41, 5.74) is 5.25. The average molecular weight is 481 g/mol. The Hall–Kier alpha value is -2.59. The molecular formula is C24H34F2N4O4. The summed E-state index contributed by atoms with van der Waals surface area (Å²) >= 11 is 0. The van der Waals surface area contributed by atoms with Crippen LogP contribution in [0.1, 0.15) is 52.0 Å². The van der Waals surface area contributed by atoms with Gasteiger partial charge in [0, 0.05) is 30.9 Å². The number of nitrogens with zero attached hydrogens (tertiary/aromatic N) is 2. The minimum absolute atomic E-state index is 0.0760. The summed E-state index contributed by atoms with van der Waals surface area (Å²) in [6, 6.07) is 2.73. The topological polar surface area (TPSA) is 105 Å². The Morgan fingerprint density at radius 3 is 2.53 bits per heavy atom. The van der Waals surface area contributed by atoms with Crippen molar-refractivity contribution in [3.05, 3.63) is 23.8 Å². The number of halogens is 2. The molecule has 1 atom stereocenters. The number of benzene rings is 1. The zero-order valence-electron chi connectivity index (χ0n) is 20.0. The first-order chi connectivity index (χ1) is 16.0. The standard InChI is InChI=1S/C24H34F2N4O4/c1-24(2,3)14-29(12-15-5-4-6-15)20(22(27)32)23(33)28-16-7-8-18(17(11-16)21(25)26)30-9-10-34-13-19(30)31/h7-8,11,15,20-21H,4-6,9-10,12-14H2,1-3H3,(H2,27,32)(H,28,33)/t20-/m1/s1. The van der Waals surface area contributed by atoms with Gasteiger partial charge in [0.2, 0.25) is 5.91 Å². The average Bonchev–Trinajstić information content (AvgIpc) is 2.69. The fraction of sp³-hybridized carbons (Fsp3) is 0.625. The van der Waals surface area contributed by atoms with E-state index in [4.69, 9.17) is 10.5 Å². The molecule has 2 aliphatic rings. The largest absolute Gasteiger partial charge is 0.370 e. The van der Waals surface area contributed by atoms with Crippen LogP contribution in [0.2, 0.25) is 0 Å². The molecule has 188 valence electrons. The van der Waals surface area contributed by atoms with Crippen molar-refractivity contribution in [2.75, 3.05) is 43.1 Å². The summed E-state index contributed by atoms with van der Waals surface area (Å²) in [6.07, 6.45) is 0.321. The highest BCUT2D eigenvalue weighted by molar-refractivity contribution is 6.09. The Kier molecular flexibility index (Phi) is 8.25. The minimum Gasteiger partial charge on any atom is -0.370 e. The summed E-state index contributed by atoms with van der Waals surface area (Å²) < 4.78 is 32.8. The number of carbonyl (C=O) groups excluding carboxylic acids is 3. The maximum atomic E-state index is 13.9. The van der Waals surface area contributed by atoms with Gasteiger partial charge in [-0.25, -0.2) is 8.78 Å². The van der Waals surface area contributed by atoms with Gasteiger partial charge < -0.3 is 20.7 Å². The van der Waals surface area contributed by atoms with Crippen LogP contribution in [0.5, 0.6) is 0 Å². The van der Waals surface area contributed by atoms with E-state index in [1.54, 1.807) is 4.90 Å². The number of rotatable bonds is 9. The molecule has 0 radical (unpaired) electrons. The molecule has 2 fully saturated rings. The van der Waals surface area contributed by atoms with Crippen LogP contribution >= 0.6 is 0 Å². The van der Waals surface area contributed by atoms with E-state index in [0.29, 0.717) is 19.0 Å². The van der Waals surface area contributed by atoms with E-state index < -0.39 is 30.2 Å². The lowest BCUT2D eigenvalue weighted by Crippen LogP contribution is -2.55. The highest BCUT2D eigenvalue weighted by Gasteiger charge is 2.36. The van der Waals surface area contributed by atoms with Gasteiger partial charge in [-0.1, -0.05) is 27.2 Å². The number of morpholine rings is 1. The number of nitrogens with two attached hydrogens (primary N) is 1. The zero-order chi connectivity index (χ0) is 25.0. The number of ether oxygens (including phenoxy) is 1. The van der Waals surface area contributed by atoms with Gasteiger partial charge >= 0.3 is 0 Å². The van der Waals surface area contributed by atoms with Gasteiger partial charge in [-0.15, -0.1) is 0 Å². The molecule has 3 N–H and O–H groups in total. The Balaban J connectivity index is 1.83. The molecule has 3 rings (SSSR count). The second kappa shape index (κ2) is 10.8. The lowest BCUT2D eigenvalue weighted by Gasteiger charge is -2.38. The van der Waals surface area contributed by atoms with Crippen molar-refractivity contribution >= 4 is 29.1 Å². The molecule has 1 aromatic carbocycles. The third-order valence-electron chi connectivity index (χ3n) is 6.08. The lowest BCUT2D eigenvalue weighted by molar-refractivity contribution is -0.133. The van der Waals surface area contributed by atoms with E-state index >= 15 is 0 Å². The normalized spacial score (nSPS) is 18.2. The van der Waals surface area contributed by atoms with Crippen LogP contribution in [0.15, 0.2) is 18.2 Å². The fourth-order valence-corrected chi connectivity index (χ4v) is 4.39. The number of amides is 3. The van der Waals surface area contributed by atoms with Crippen LogP contribution in [0, 0.1) is 11.3 Å². The van der Waals surface area contributed by atoms with E-state index in [2.05, 4.69) is 5.32 Å². The first-order valence-corrected chi connectivity index (χ1v) is 11.6. The predicted octanol–water partition coefficient (Wildman–Crippen LogP) is 2.93. The summed E-state index contributed by atoms with van der Waals surface area (Å²) in [6.45, 7) is 7.32. The van der Waals surface area contributed by atoms with Crippen LogP contribution in [-0.4, -0.2) is 61.5 Å². The molecule has 1 heterocycles. The lowest BCUT2D eigenvalue weighted by atomic mass is 9.84. The number of hydrogen-bond donors (Lipinski definition) is 2. The van der Waals surface area contributed by atoms with Crippen LogP contribution in [-0.2, 0) is 19.1 Å². The van der Waals surface area contributed by atoms with Crippen molar-refractivity contribution in [1.82, 2.24) is 4.90 Å². The number of primary amides is 1. The highest BCUT2D eigenvalue weighted by Crippen LogP contribution is 2.34. The number of carbonyl (C=O) groups is 3. The van der Waals surface area contributed by atoms with Crippen molar-refractivity contribution in [3.63, 3.8) is 0 Å². The van der Waals surface area contributed by atoms with Gasteiger partial charge in [0.1, 0.15) is 6.61 Å². The molecule has 1 aromatic rings. The molecule has 0 aromatic heterocycles. The number of nitrogens with one attached hydrogen (secondary N) is 1. The summed E-state index contributed by atoms with van der Waals surface area (Å²) in [7, 11) is 0. The highest BCUT2D eigenvalue weighted by atomic mass is 19.3. The molecule has 0 unspecified atom stereocenters. The Labute approximate surface area is 198 Å². The summed E-state index contributed by atoms with van der Waals surface area (Å²) in [5.74, 6) is -1.46.